The Bertz CT molecular complexity index is 1590. The minimum Gasteiger partial charge on any atom is -0.479 e. The summed E-state index contributed by atoms with van der Waals surface area (Å²) in [6.45, 7) is 5.76. The van der Waals surface area contributed by atoms with Gasteiger partial charge in [0.2, 0.25) is 0 Å². The lowest BCUT2D eigenvalue weighted by molar-refractivity contribution is -0.301. The predicted molar refractivity (Wildman–Crippen MR) is 294 cm³/mol. The smallest absolute Gasteiger partial charge is 0.335 e. The second-order valence-corrected chi connectivity index (χ2v) is 19.2. The highest BCUT2D eigenvalue weighted by Crippen LogP contribution is 2.26. The molecule has 0 saturated carbocycles. The quantitative estimate of drug-likeness (QED) is 0.0228. The molecule has 0 radical (unpaired) electrons. The first-order valence-corrected chi connectivity index (χ1v) is 28.6. The average molecular weight is 1030 g/mol. The van der Waals surface area contributed by atoms with Crippen LogP contribution in [0.15, 0.2) is 85.1 Å². The number of hydrogen-bond acceptors (Lipinski definition) is 11. The van der Waals surface area contributed by atoms with Crippen molar-refractivity contribution in [2.24, 2.45) is 0 Å². The number of carbonyl (C=O) groups is 4. The molecule has 0 aromatic heterocycles. The van der Waals surface area contributed by atoms with Crippen molar-refractivity contribution in [3.8, 4) is 0 Å². The maximum absolute atomic E-state index is 13.1. The summed E-state index contributed by atoms with van der Waals surface area (Å²) >= 11 is 0. The first kappa shape index (κ1) is 66.9. The first-order chi connectivity index (χ1) is 35.6. The van der Waals surface area contributed by atoms with E-state index in [2.05, 4.69) is 106 Å². The van der Waals surface area contributed by atoms with E-state index in [1.54, 1.807) is 0 Å². The number of aliphatic hydroxyl groups excluding tert-OH is 2. The van der Waals surface area contributed by atoms with E-state index in [9.17, 15) is 34.5 Å². The monoisotopic (exact) mass is 1020 g/mol. The lowest BCUT2D eigenvalue weighted by Gasteiger charge is -2.40. The van der Waals surface area contributed by atoms with E-state index in [0.717, 1.165) is 128 Å². The zero-order valence-corrected chi connectivity index (χ0v) is 45.6. The summed E-state index contributed by atoms with van der Waals surface area (Å²) in [7, 11) is 0. The number of carboxylic acid groups (broad SMARTS) is 1. The van der Waals surface area contributed by atoms with Crippen molar-refractivity contribution in [2.45, 2.75) is 263 Å². The van der Waals surface area contributed by atoms with Crippen molar-refractivity contribution in [3.63, 3.8) is 0 Å². The molecule has 12 heteroatoms. The van der Waals surface area contributed by atoms with E-state index in [1.165, 1.54) is 38.5 Å². The highest BCUT2D eigenvalue weighted by atomic mass is 16.7. The summed E-state index contributed by atoms with van der Waals surface area (Å²) in [6, 6.07) is 0. The van der Waals surface area contributed by atoms with Crippen LogP contribution in [0.1, 0.15) is 226 Å². The second-order valence-electron chi connectivity index (χ2n) is 19.2. The van der Waals surface area contributed by atoms with E-state index >= 15 is 0 Å². The van der Waals surface area contributed by atoms with Gasteiger partial charge >= 0.3 is 23.9 Å². The Morgan fingerprint density at radius 2 is 0.877 bits per heavy atom. The lowest BCUT2D eigenvalue weighted by atomic mass is 9.98. The topological polar surface area (TPSA) is 175 Å². The summed E-state index contributed by atoms with van der Waals surface area (Å²) in [5.74, 6) is -3.19. The standard InChI is InChI=1S/C61H100O12/c1-4-7-10-13-16-19-22-24-25-26-27-28-29-31-33-35-38-41-44-47-53(62)69-50-52(71-54(63)48-45-42-39-36-32-21-18-15-12-9-6-3)51-70-61-59(57(66)56(65)58(73-61)60(67)68)72-55(64)49-46-43-40-37-34-30-23-20-17-14-11-8-5-2/h7,10,15-16,18-20,23-25,27-28,31,33,52,56-59,61,65-66H,4-6,8-9,11-14,17,21-22,26,29-30,32,34-51H2,1-3H3,(H,67,68)/b10-7-,18-15-,19-16-,23-20-,25-24-,28-27-,33-31-. The van der Waals surface area contributed by atoms with E-state index < -0.39 is 67.3 Å². The molecule has 6 atom stereocenters. The number of unbranched alkanes of at least 4 members (excludes halogenated alkanes) is 19. The Balaban J connectivity index is 2.71. The number of carboxylic acids is 1. The zero-order chi connectivity index (χ0) is 53.3. The van der Waals surface area contributed by atoms with Crippen LogP contribution in [0.2, 0.25) is 0 Å². The molecule has 12 nitrogen and oxygen atoms in total. The average Bonchev–Trinajstić information content (AvgIpc) is 3.37. The Labute approximate surface area is 441 Å². The minimum atomic E-state index is -1.91. The van der Waals surface area contributed by atoms with E-state index in [-0.39, 0.29) is 25.9 Å². The molecule has 0 bridgehead atoms. The van der Waals surface area contributed by atoms with Crippen molar-refractivity contribution in [1.29, 1.82) is 0 Å². The number of aliphatic carboxylic acids is 1. The van der Waals surface area contributed by atoms with Gasteiger partial charge in [0.15, 0.2) is 24.6 Å². The van der Waals surface area contributed by atoms with Crippen molar-refractivity contribution in [2.75, 3.05) is 13.2 Å². The van der Waals surface area contributed by atoms with Crippen LogP contribution in [0, 0.1) is 0 Å². The van der Waals surface area contributed by atoms with Gasteiger partial charge < -0.3 is 39.0 Å². The van der Waals surface area contributed by atoms with Crippen LogP contribution >= 0.6 is 0 Å². The third-order valence-electron chi connectivity index (χ3n) is 12.4. The van der Waals surface area contributed by atoms with E-state index in [1.807, 2.05) is 0 Å². The molecule has 0 aromatic carbocycles. The normalized spacial score (nSPS) is 18.9. The second kappa shape index (κ2) is 48.8. The molecule has 0 amide bonds. The number of aliphatic hydroxyl groups is 2. The van der Waals surface area contributed by atoms with Crippen LogP contribution < -0.4 is 0 Å². The predicted octanol–water partition coefficient (Wildman–Crippen LogP) is 14.3. The molecule has 6 unspecified atom stereocenters. The molecular weight excluding hydrogens is 925 g/mol. The summed E-state index contributed by atoms with van der Waals surface area (Å²) in [5.41, 5.74) is 0. The lowest BCUT2D eigenvalue weighted by Crippen LogP contribution is -2.61. The van der Waals surface area contributed by atoms with Crippen molar-refractivity contribution < 1.29 is 58.2 Å². The summed E-state index contributed by atoms with van der Waals surface area (Å²) in [6.07, 6.45) is 49.9. The fourth-order valence-electron chi connectivity index (χ4n) is 8.02. The zero-order valence-electron chi connectivity index (χ0n) is 45.6. The van der Waals surface area contributed by atoms with Crippen LogP contribution in [0.5, 0.6) is 0 Å². The van der Waals surface area contributed by atoms with Gasteiger partial charge in [-0.2, -0.15) is 0 Å². The molecule has 1 fully saturated rings. The Morgan fingerprint density at radius 1 is 0.466 bits per heavy atom. The molecule has 0 aliphatic carbocycles. The molecule has 0 spiro atoms. The molecule has 0 aromatic rings. The fourth-order valence-corrected chi connectivity index (χ4v) is 8.02. The highest BCUT2D eigenvalue weighted by molar-refractivity contribution is 5.74. The largest absolute Gasteiger partial charge is 0.479 e. The Kier molecular flexibility index (Phi) is 44.7. The number of carbonyl (C=O) groups excluding carboxylic acids is 3. The third kappa shape index (κ3) is 39.0. The van der Waals surface area contributed by atoms with Crippen LogP contribution in [-0.4, -0.2) is 89.2 Å². The van der Waals surface area contributed by atoms with E-state index in [0.29, 0.717) is 19.3 Å². The number of hydrogen-bond donors (Lipinski definition) is 3. The molecule has 1 rings (SSSR count). The van der Waals surface area contributed by atoms with Gasteiger partial charge in [-0.25, -0.2) is 4.79 Å². The summed E-state index contributed by atoms with van der Waals surface area (Å²) in [4.78, 5) is 51.0. The SMILES string of the molecule is CC/C=C\C/C=C\C/C=C\C/C=C\C/C=C\CCCCCC(=O)OCC(COC1OC(C(=O)O)C(O)C(O)C1OC(=O)CCCCCCC/C=C\CCCCCC)OC(=O)CCCCCCC/C=C\CCCC. The molecule has 1 aliphatic heterocycles. The van der Waals surface area contributed by atoms with Gasteiger partial charge in [0, 0.05) is 19.3 Å². The van der Waals surface area contributed by atoms with Gasteiger partial charge in [0.1, 0.15) is 18.8 Å². The van der Waals surface area contributed by atoms with Gasteiger partial charge in [0.05, 0.1) is 6.61 Å². The minimum absolute atomic E-state index is 0.0434. The first-order valence-electron chi connectivity index (χ1n) is 28.6. The molecule has 73 heavy (non-hydrogen) atoms. The molecule has 416 valence electrons. The van der Waals surface area contributed by atoms with Crippen molar-refractivity contribution in [3.05, 3.63) is 85.1 Å². The molecular formula is C61H100O12. The molecule has 1 aliphatic rings. The van der Waals surface area contributed by atoms with Gasteiger partial charge in [-0.3, -0.25) is 14.4 Å². The number of ether oxygens (including phenoxy) is 5. The Morgan fingerprint density at radius 3 is 1.38 bits per heavy atom. The van der Waals surface area contributed by atoms with Gasteiger partial charge in [0.25, 0.3) is 0 Å². The summed E-state index contributed by atoms with van der Waals surface area (Å²) in [5, 5.41) is 31.4. The maximum Gasteiger partial charge on any atom is 0.335 e. The van der Waals surface area contributed by atoms with Gasteiger partial charge in [-0.1, -0.05) is 183 Å². The number of allylic oxidation sites excluding steroid dienone is 14. The number of esters is 3. The molecule has 3 N–H and O–H groups in total. The van der Waals surface area contributed by atoms with Gasteiger partial charge in [-0.05, 0) is 109 Å². The van der Waals surface area contributed by atoms with Crippen molar-refractivity contribution >= 4 is 23.9 Å². The van der Waals surface area contributed by atoms with Crippen molar-refractivity contribution in [1.82, 2.24) is 0 Å². The molecule has 1 heterocycles. The molecule has 1 saturated heterocycles. The summed E-state index contributed by atoms with van der Waals surface area (Å²) < 4.78 is 28.3. The highest BCUT2D eigenvalue weighted by Gasteiger charge is 2.50. The third-order valence-corrected chi connectivity index (χ3v) is 12.4. The van der Waals surface area contributed by atoms with Crippen LogP contribution in [0.4, 0.5) is 0 Å². The fraction of sp³-hybridized carbons (Fsp3) is 0.705. The van der Waals surface area contributed by atoms with E-state index in [4.69, 9.17) is 23.7 Å². The van der Waals surface area contributed by atoms with Gasteiger partial charge in [-0.15, -0.1) is 0 Å². The van der Waals surface area contributed by atoms with Crippen LogP contribution in [0.3, 0.4) is 0 Å². The van der Waals surface area contributed by atoms with Crippen LogP contribution in [-0.2, 0) is 42.9 Å². The Hall–Kier alpha value is -4.10. The van der Waals surface area contributed by atoms with Crippen LogP contribution in [0.25, 0.3) is 0 Å². The number of rotatable bonds is 47. The maximum atomic E-state index is 13.1.